The largest absolute Gasteiger partial charge is 0.417 e. The molecule has 0 spiro atoms. The van der Waals surface area contributed by atoms with E-state index in [0.717, 1.165) is 23.0 Å². The molecule has 0 fully saturated rings. The minimum atomic E-state index is -4.62. The van der Waals surface area contributed by atoms with Crippen LogP contribution in [-0.4, -0.2) is 46.0 Å². The summed E-state index contributed by atoms with van der Waals surface area (Å²) in [6, 6.07) is 10.4. The Morgan fingerprint density at radius 3 is 2.41 bits per heavy atom. The van der Waals surface area contributed by atoms with E-state index in [1.54, 1.807) is 28.4 Å². The molecule has 5 aromatic rings. The van der Waals surface area contributed by atoms with Crippen LogP contribution in [0.1, 0.15) is 59.2 Å². The summed E-state index contributed by atoms with van der Waals surface area (Å²) in [7, 11) is 0. The Labute approximate surface area is 259 Å². The van der Waals surface area contributed by atoms with E-state index in [1.807, 2.05) is 31.2 Å². The van der Waals surface area contributed by atoms with Crippen LogP contribution in [0.3, 0.4) is 0 Å². The highest BCUT2D eigenvalue weighted by Gasteiger charge is 2.36. The topological polar surface area (TPSA) is 90.3 Å². The third-order valence-electron chi connectivity index (χ3n) is 7.80. The summed E-state index contributed by atoms with van der Waals surface area (Å²) in [5.74, 6) is -0.275. The second kappa shape index (κ2) is 11.0. The van der Waals surface area contributed by atoms with Crippen molar-refractivity contribution in [2.24, 2.45) is 5.92 Å². The molecule has 6 rings (SSSR count). The summed E-state index contributed by atoms with van der Waals surface area (Å²) in [6.07, 6.45) is -0.344. The predicted molar refractivity (Wildman–Crippen MR) is 161 cm³/mol. The lowest BCUT2D eigenvalue weighted by Crippen LogP contribution is -2.46. The van der Waals surface area contributed by atoms with Gasteiger partial charge in [-0.05, 0) is 75.1 Å². The van der Waals surface area contributed by atoms with Crippen LogP contribution in [0, 0.1) is 12.8 Å². The Morgan fingerprint density at radius 2 is 1.77 bits per heavy atom. The fraction of sp³-hybridized carbons (Fsp3) is 0.323. The molecule has 1 amide bonds. The maximum atomic E-state index is 14.3. The average Bonchev–Trinajstić information content (AvgIpc) is 3.59. The zero-order chi connectivity index (χ0) is 31.5. The van der Waals surface area contributed by atoms with Crippen LogP contribution >= 0.6 is 15.9 Å². The van der Waals surface area contributed by atoms with Gasteiger partial charge in [-0.3, -0.25) is 14.2 Å². The van der Waals surface area contributed by atoms with Gasteiger partial charge in [0.25, 0.3) is 11.5 Å². The quantitative estimate of drug-likeness (QED) is 0.231. The van der Waals surface area contributed by atoms with Gasteiger partial charge in [0.05, 0.1) is 47.3 Å². The van der Waals surface area contributed by atoms with Gasteiger partial charge >= 0.3 is 6.18 Å². The maximum Gasteiger partial charge on any atom is 0.417 e. The van der Waals surface area contributed by atoms with Gasteiger partial charge in [-0.1, -0.05) is 29.8 Å². The van der Waals surface area contributed by atoms with E-state index in [0.29, 0.717) is 29.0 Å². The first-order valence-corrected chi connectivity index (χ1v) is 14.9. The number of carbonyl (C=O) groups excluding carboxylic acids is 1. The molecular formula is C31H29BrF3N7O2. The number of nitrogens with zero attached hydrogens (tertiary/aromatic N) is 7. The molecule has 13 heteroatoms. The molecule has 1 atom stereocenters. The lowest BCUT2D eigenvalue weighted by atomic mass is 9.97. The second-order valence-corrected chi connectivity index (χ2v) is 12.4. The Hall–Kier alpha value is -4.26. The average molecular weight is 669 g/mol. The number of aryl methyl sites for hydroxylation is 1. The number of fused-ring (bicyclic) bond motifs is 3. The molecule has 228 valence electrons. The number of hydrogen-bond donors (Lipinski definition) is 0. The molecule has 1 aliphatic rings. The zero-order valence-corrected chi connectivity index (χ0v) is 26.0. The number of aromatic nitrogens is 6. The molecule has 0 saturated heterocycles. The van der Waals surface area contributed by atoms with Gasteiger partial charge in [-0.2, -0.15) is 33.3 Å². The van der Waals surface area contributed by atoms with E-state index in [2.05, 4.69) is 45.1 Å². The smallest absolute Gasteiger partial charge is 0.330 e. The second-order valence-electron chi connectivity index (χ2n) is 11.5. The number of carbonyl (C=O) groups is 1. The Balaban J connectivity index is 1.46. The lowest BCUT2D eigenvalue weighted by molar-refractivity contribution is -0.138. The van der Waals surface area contributed by atoms with Gasteiger partial charge in [0.1, 0.15) is 5.65 Å². The van der Waals surface area contributed by atoms with Crippen molar-refractivity contribution in [1.29, 1.82) is 0 Å². The first kappa shape index (κ1) is 29.8. The van der Waals surface area contributed by atoms with Crippen molar-refractivity contribution in [3.8, 4) is 11.4 Å². The molecule has 0 saturated carbocycles. The van der Waals surface area contributed by atoms with Gasteiger partial charge in [0, 0.05) is 27.2 Å². The molecule has 0 bridgehead atoms. The minimum absolute atomic E-state index is 0.0192. The summed E-state index contributed by atoms with van der Waals surface area (Å²) in [5, 5.41) is 13.3. The maximum absolute atomic E-state index is 14.3. The fourth-order valence-corrected chi connectivity index (χ4v) is 6.19. The van der Waals surface area contributed by atoms with E-state index in [-0.39, 0.29) is 34.5 Å². The molecular weight excluding hydrogens is 639 g/mol. The van der Waals surface area contributed by atoms with Crippen molar-refractivity contribution < 1.29 is 18.0 Å². The Bertz CT molecular complexity index is 1960. The zero-order valence-electron chi connectivity index (χ0n) is 24.4. The van der Waals surface area contributed by atoms with E-state index in [4.69, 9.17) is 0 Å². The summed E-state index contributed by atoms with van der Waals surface area (Å²) >= 11 is 2.94. The molecule has 4 heterocycles. The molecule has 3 aromatic heterocycles. The Morgan fingerprint density at radius 1 is 1.07 bits per heavy atom. The van der Waals surface area contributed by atoms with Crippen molar-refractivity contribution in [3.63, 3.8) is 0 Å². The fourth-order valence-electron chi connectivity index (χ4n) is 5.72. The molecule has 0 radical (unpaired) electrons. The van der Waals surface area contributed by atoms with Crippen molar-refractivity contribution in [3.05, 3.63) is 103 Å². The third-order valence-corrected chi connectivity index (χ3v) is 8.49. The molecule has 9 nitrogen and oxygen atoms in total. The number of rotatable bonds is 5. The molecule has 1 aliphatic heterocycles. The van der Waals surface area contributed by atoms with Gasteiger partial charge in [-0.25, -0.2) is 4.52 Å². The number of hydrogen-bond acceptors (Lipinski definition) is 5. The van der Waals surface area contributed by atoms with Crippen molar-refractivity contribution in [1.82, 2.24) is 34.1 Å². The monoisotopic (exact) mass is 667 g/mol. The summed E-state index contributed by atoms with van der Waals surface area (Å²) < 4.78 is 44.0. The highest BCUT2D eigenvalue weighted by molar-refractivity contribution is 9.10. The van der Waals surface area contributed by atoms with Crippen molar-refractivity contribution in [2.45, 2.75) is 59.3 Å². The Kier molecular flexibility index (Phi) is 7.47. The summed E-state index contributed by atoms with van der Waals surface area (Å²) in [5.41, 5.74) is 3.45. The number of alkyl halides is 3. The van der Waals surface area contributed by atoms with E-state index >= 15 is 0 Å². The van der Waals surface area contributed by atoms with Gasteiger partial charge in [0.15, 0.2) is 0 Å². The van der Waals surface area contributed by atoms with Gasteiger partial charge in [-0.15, -0.1) is 0 Å². The van der Waals surface area contributed by atoms with Crippen LogP contribution in [0.25, 0.3) is 17.0 Å². The molecule has 0 aliphatic carbocycles. The van der Waals surface area contributed by atoms with Crippen molar-refractivity contribution >= 4 is 27.5 Å². The first-order valence-electron chi connectivity index (χ1n) is 14.1. The number of benzene rings is 2. The summed E-state index contributed by atoms with van der Waals surface area (Å²) in [4.78, 5) is 30.9. The van der Waals surface area contributed by atoms with E-state index in [9.17, 15) is 22.8 Å². The van der Waals surface area contributed by atoms with Crippen LogP contribution in [-0.2, 0) is 25.6 Å². The third kappa shape index (κ3) is 5.23. The van der Waals surface area contributed by atoms with E-state index in [1.165, 1.54) is 21.8 Å². The summed E-state index contributed by atoms with van der Waals surface area (Å²) in [6.45, 7) is 7.82. The highest BCUT2D eigenvalue weighted by atomic mass is 79.9. The van der Waals surface area contributed by atoms with Crippen LogP contribution in [0.5, 0.6) is 0 Å². The first-order chi connectivity index (χ1) is 20.8. The van der Waals surface area contributed by atoms with Gasteiger partial charge < -0.3 is 4.90 Å². The molecule has 2 aromatic carbocycles. The van der Waals surface area contributed by atoms with Crippen LogP contribution in [0.4, 0.5) is 13.2 Å². The van der Waals surface area contributed by atoms with Crippen LogP contribution < -0.4 is 5.56 Å². The van der Waals surface area contributed by atoms with Crippen molar-refractivity contribution in [2.75, 3.05) is 0 Å². The number of halogens is 4. The van der Waals surface area contributed by atoms with Crippen LogP contribution in [0.15, 0.2) is 64.1 Å². The predicted octanol–water partition coefficient (Wildman–Crippen LogP) is 5.94. The molecule has 44 heavy (non-hydrogen) atoms. The highest BCUT2D eigenvalue weighted by Crippen LogP contribution is 2.36. The van der Waals surface area contributed by atoms with E-state index < -0.39 is 23.7 Å². The lowest BCUT2D eigenvalue weighted by Gasteiger charge is -2.35. The van der Waals surface area contributed by atoms with Crippen LogP contribution in [0.2, 0.25) is 0 Å². The number of amides is 1. The molecule has 1 unspecified atom stereocenters. The normalized spacial score (nSPS) is 15.3. The SMILES string of the molecule is Cc1cnn(-c2ccc(-n3c(=O)c4c(n5ncc(CC(C)C)c35)CN(C(=O)c3ccc(Br)c(C(F)(F)F)c3)C(C)C4)cc2)n1. The standard InChI is InChI=1S/C31H29BrF3N7O2/c1-17(2)11-21-15-36-41-27-16-39(29(43)20-5-10-26(32)25(13-20)31(33,34)35)19(4)12-24(27)30(44)40(28(21)41)22-6-8-23(9-7-22)42-37-14-18(3)38-42/h5-10,13-15,17,19H,11-12,16H2,1-4H3. The van der Waals surface area contributed by atoms with Gasteiger partial charge in [0.2, 0.25) is 0 Å². The molecule has 0 N–H and O–H groups in total. The minimum Gasteiger partial charge on any atom is -0.330 e.